The highest BCUT2D eigenvalue weighted by Crippen LogP contribution is 2.41. The molecule has 0 aliphatic carbocycles. The second-order valence-corrected chi connectivity index (χ2v) is 7.53. The van der Waals surface area contributed by atoms with Crippen LogP contribution >= 0.6 is 0 Å². The molecule has 2 N–H and O–H groups in total. The Kier molecular flexibility index (Phi) is 5.48. The van der Waals surface area contributed by atoms with E-state index in [0.717, 1.165) is 5.56 Å². The first-order valence-electron chi connectivity index (χ1n) is 10.0. The van der Waals surface area contributed by atoms with Crippen LogP contribution in [0, 0.1) is 28.4 Å². The van der Waals surface area contributed by atoms with Crippen molar-refractivity contribution < 1.29 is 9.66 Å². The first-order chi connectivity index (χ1) is 15.4. The zero-order chi connectivity index (χ0) is 22.8. The molecule has 0 unspecified atom stereocenters. The second kappa shape index (κ2) is 8.40. The Hall–Kier alpha value is -4.38. The van der Waals surface area contributed by atoms with Crippen molar-refractivity contribution in [2.75, 3.05) is 0 Å². The summed E-state index contributed by atoms with van der Waals surface area (Å²) in [6, 6.07) is 19.4. The van der Waals surface area contributed by atoms with E-state index < -0.39 is 10.8 Å². The summed E-state index contributed by atoms with van der Waals surface area (Å²) < 4.78 is 7.27. The number of allylic oxidation sites excluding steroid dienone is 1. The summed E-state index contributed by atoms with van der Waals surface area (Å²) in [7, 11) is 0. The van der Waals surface area contributed by atoms with Gasteiger partial charge >= 0.3 is 0 Å². The Balaban J connectivity index is 1.86. The van der Waals surface area contributed by atoms with Gasteiger partial charge in [-0.05, 0) is 24.5 Å². The zero-order valence-electron chi connectivity index (χ0n) is 17.3. The molecule has 3 aromatic rings. The number of nitrogens with zero attached hydrogens (tertiary/aromatic N) is 3. The molecule has 0 amide bonds. The molecule has 0 saturated heterocycles. The molecule has 1 aliphatic heterocycles. The highest BCUT2D eigenvalue weighted by atomic mass is 16.6. The van der Waals surface area contributed by atoms with Crippen molar-refractivity contribution in [3.8, 4) is 11.8 Å². The first-order valence-corrected chi connectivity index (χ1v) is 10.0. The third-order valence-corrected chi connectivity index (χ3v) is 5.57. The highest BCUT2D eigenvalue weighted by molar-refractivity contribution is 5.56. The number of aryl methyl sites for hydroxylation is 2. The van der Waals surface area contributed by atoms with Crippen LogP contribution in [0.5, 0.6) is 5.75 Å². The van der Waals surface area contributed by atoms with Crippen LogP contribution in [-0.2, 0) is 13.0 Å². The average Bonchev–Trinajstić information content (AvgIpc) is 2.78. The van der Waals surface area contributed by atoms with Gasteiger partial charge in [-0.15, -0.1) is 0 Å². The van der Waals surface area contributed by atoms with Crippen molar-refractivity contribution in [2.45, 2.75) is 25.8 Å². The molecule has 0 saturated carbocycles. The van der Waals surface area contributed by atoms with Crippen LogP contribution in [0.4, 0.5) is 5.69 Å². The number of nitriles is 1. The van der Waals surface area contributed by atoms with E-state index in [-0.39, 0.29) is 34.0 Å². The van der Waals surface area contributed by atoms with E-state index in [4.69, 9.17) is 10.5 Å². The molecule has 2 heterocycles. The lowest BCUT2D eigenvalue weighted by molar-refractivity contribution is -0.384. The van der Waals surface area contributed by atoms with Crippen molar-refractivity contribution in [3.63, 3.8) is 0 Å². The number of fused-ring (bicyclic) bond motifs is 1. The molecule has 1 atom stereocenters. The predicted molar refractivity (Wildman–Crippen MR) is 118 cm³/mol. The van der Waals surface area contributed by atoms with Crippen LogP contribution in [0.2, 0.25) is 0 Å². The third kappa shape index (κ3) is 3.72. The van der Waals surface area contributed by atoms with E-state index in [0.29, 0.717) is 24.2 Å². The third-order valence-electron chi connectivity index (χ3n) is 5.57. The quantitative estimate of drug-likeness (QED) is 0.490. The number of rotatable bonds is 5. The van der Waals surface area contributed by atoms with Crippen LogP contribution in [0.25, 0.3) is 0 Å². The molecule has 4 rings (SSSR count). The molecule has 8 nitrogen and oxygen atoms in total. The maximum atomic E-state index is 13.6. The molecule has 2 aromatic carbocycles. The number of non-ortho nitro benzene ring substituents is 1. The first kappa shape index (κ1) is 20.9. The summed E-state index contributed by atoms with van der Waals surface area (Å²) >= 11 is 0. The van der Waals surface area contributed by atoms with Crippen molar-refractivity contribution in [1.29, 1.82) is 5.26 Å². The molecule has 0 fully saturated rings. The van der Waals surface area contributed by atoms with Gasteiger partial charge in [0.2, 0.25) is 5.88 Å². The van der Waals surface area contributed by atoms with Gasteiger partial charge in [0.1, 0.15) is 17.4 Å². The summed E-state index contributed by atoms with van der Waals surface area (Å²) in [4.78, 5) is 24.4. The van der Waals surface area contributed by atoms with Crippen LogP contribution < -0.4 is 16.0 Å². The van der Waals surface area contributed by atoms with Gasteiger partial charge in [0.05, 0.1) is 16.4 Å². The maximum absolute atomic E-state index is 13.6. The Bertz CT molecular complexity index is 1340. The van der Waals surface area contributed by atoms with Gasteiger partial charge in [0.25, 0.3) is 11.2 Å². The van der Waals surface area contributed by atoms with Crippen molar-refractivity contribution in [3.05, 3.63) is 115 Å². The van der Waals surface area contributed by atoms with Crippen molar-refractivity contribution in [2.24, 2.45) is 5.73 Å². The lowest BCUT2D eigenvalue weighted by Crippen LogP contribution is -2.33. The van der Waals surface area contributed by atoms with E-state index in [1.807, 2.05) is 36.4 Å². The molecular formula is C24H20N4O4. The summed E-state index contributed by atoms with van der Waals surface area (Å²) in [6.45, 7) is 2.24. The van der Waals surface area contributed by atoms with Gasteiger partial charge in [-0.25, -0.2) is 0 Å². The number of hydrogen-bond donors (Lipinski definition) is 1. The molecule has 32 heavy (non-hydrogen) atoms. The standard InChI is InChI=1S/C24H20N4O4/c1-15-12-20-22(24(29)27(15)11-10-16-6-3-2-4-7-16)21(19(14-25)23(26)32-20)17-8-5-9-18(13-17)28(30)31/h2-9,12-13,21H,10-11,26H2,1H3/t21-/m0/s1. The minimum Gasteiger partial charge on any atom is -0.440 e. The largest absolute Gasteiger partial charge is 0.440 e. The SMILES string of the molecule is Cc1cc2c(c(=O)n1CCc1ccccc1)[C@@H](c1cccc([N+](=O)[O-])c1)C(C#N)=C(N)O2. The molecule has 1 aliphatic rings. The van der Waals surface area contributed by atoms with Crippen molar-refractivity contribution >= 4 is 5.69 Å². The van der Waals surface area contributed by atoms with E-state index in [2.05, 4.69) is 0 Å². The number of nitrogens with two attached hydrogens (primary N) is 1. The molecule has 0 spiro atoms. The van der Waals surface area contributed by atoms with Crippen LogP contribution in [-0.4, -0.2) is 9.49 Å². The van der Waals surface area contributed by atoms with Gasteiger partial charge < -0.3 is 15.0 Å². The number of hydrogen-bond acceptors (Lipinski definition) is 6. The van der Waals surface area contributed by atoms with Gasteiger partial charge in [-0.1, -0.05) is 42.5 Å². The normalized spacial score (nSPS) is 14.9. The lowest BCUT2D eigenvalue weighted by atomic mass is 9.84. The van der Waals surface area contributed by atoms with Crippen molar-refractivity contribution in [1.82, 2.24) is 4.57 Å². The van der Waals surface area contributed by atoms with E-state index in [9.17, 15) is 20.2 Å². The Labute approximate surface area is 183 Å². The second-order valence-electron chi connectivity index (χ2n) is 7.53. The summed E-state index contributed by atoms with van der Waals surface area (Å²) in [5, 5.41) is 21.0. The average molecular weight is 428 g/mol. The number of nitro groups is 1. The van der Waals surface area contributed by atoms with Crippen LogP contribution in [0.3, 0.4) is 0 Å². The molecule has 0 radical (unpaired) electrons. The number of ether oxygens (including phenoxy) is 1. The van der Waals surface area contributed by atoms with Gasteiger partial charge in [-0.3, -0.25) is 14.9 Å². The number of nitro benzene ring substituents is 1. The fourth-order valence-corrected chi connectivity index (χ4v) is 4.00. The number of aromatic nitrogens is 1. The van der Waals surface area contributed by atoms with E-state index >= 15 is 0 Å². The zero-order valence-corrected chi connectivity index (χ0v) is 17.3. The smallest absolute Gasteiger partial charge is 0.269 e. The van der Waals surface area contributed by atoms with Gasteiger partial charge in [0.15, 0.2) is 0 Å². The minimum atomic E-state index is -0.861. The topological polar surface area (TPSA) is 124 Å². The summed E-state index contributed by atoms with van der Waals surface area (Å²) in [6.07, 6.45) is 0.645. The fraction of sp³-hybridized carbons (Fsp3) is 0.167. The van der Waals surface area contributed by atoms with Gasteiger partial charge in [0, 0.05) is 30.4 Å². The summed E-state index contributed by atoms with van der Waals surface area (Å²) in [5.74, 6) is -0.714. The molecule has 160 valence electrons. The Morgan fingerprint density at radius 1 is 1.19 bits per heavy atom. The maximum Gasteiger partial charge on any atom is 0.269 e. The lowest BCUT2D eigenvalue weighted by Gasteiger charge is -2.27. The Morgan fingerprint density at radius 3 is 2.62 bits per heavy atom. The highest BCUT2D eigenvalue weighted by Gasteiger charge is 2.35. The fourth-order valence-electron chi connectivity index (χ4n) is 4.00. The molecule has 8 heteroatoms. The van der Waals surface area contributed by atoms with Crippen LogP contribution in [0.15, 0.2) is 76.9 Å². The Morgan fingerprint density at radius 2 is 1.94 bits per heavy atom. The van der Waals surface area contributed by atoms with Crippen LogP contribution in [0.1, 0.15) is 28.3 Å². The van der Waals surface area contributed by atoms with E-state index in [1.165, 1.54) is 18.2 Å². The number of benzene rings is 2. The summed E-state index contributed by atoms with van der Waals surface area (Å²) in [5.41, 5.74) is 8.05. The molecule has 1 aromatic heterocycles. The minimum absolute atomic E-state index is 0.0496. The predicted octanol–water partition coefficient (Wildman–Crippen LogP) is 3.53. The van der Waals surface area contributed by atoms with E-state index in [1.54, 1.807) is 23.6 Å². The molecule has 0 bridgehead atoms. The number of pyridine rings is 1. The monoisotopic (exact) mass is 428 g/mol. The molecular weight excluding hydrogens is 408 g/mol. The van der Waals surface area contributed by atoms with Gasteiger partial charge in [-0.2, -0.15) is 5.26 Å².